The lowest BCUT2D eigenvalue weighted by Gasteiger charge is -2.12. The van der Waals surface area contributed by atoms with E-state index in [4.69, 9.17) is 0 Å². The van der Waals surface area contributed by atoms with E-state index in [0.717, 1.165) is 27.5 Å². The highest BCUT2D eigenvalue weighted by Crippen LogP contribution is 2.22. The molecule has 2 heterocycles. The molecule has 1 fully saturated rings. The van der Waals surface area contributed by atoms with Gasteiger partial charge in [-0.1, -0.05) is 27.7 Å². The summed E-state index contributed by atoms with van der Waals surface area (Å²) in [7, 11) is 0. The number of thioether (sulfide) groups is 1. The summed E-state index contributed by atoms with van der Waals surface area (Å²) in [5.74, 6) is 0.626. The van der Waals surface area contributed by atoms with Crippen LogP contribution in [0.2, 0.25) is 0 Å². The van der Waals surface area contributed by atoms with Crippen molar-refractivity contribution in [1.29, 1.82) is 0 Å². The summed E-state index contributed by atoms with van der Waals surface area (Å²) in [4.78, 5) is 28.6. The monoisotopic (exact) mass is 394 g/mol. The number of urea groups is 1. The molecule has 0 spiro atoms. The number of nitrogens with zero attached hydrogens (tertiary/aromatic N) is 3. The van der Waals surface area contributed by atoms with Crippen LogP contribution >= 0.6 is 27.7 Å². The van der Waals surface area contributed by atoms with Crippen LogP contribution in [-0.2, 0) is 4.79 Å². The Labute approximate surface area is 146 Å². The molecule has 0 saturated carbocycles. The van der Waals surface area contributed by atoms with Gasteiger partial charge in [-0.05, 0) is 30.7 Å². The minimum Gasteiger partial charge on any atom is -0.329 e. The van der Waals surface area contributed by atoms with Gasteiger partial charge >= 0.3 is 6.03 Å². The SMILES string of the molecule is O=C1CNC(=O)N1CCCSc1nccn1-c1ccc(Br)cc1. The van der Waals surface area contributed by atoms with E-state index in [2.05, 4.69) is 26.2 Å². The third-order valence-electron chi connectivity index (χ3n) is 3.41. The lowest BCUT2D eigenvalue weighted by molar-refractivity contribution is -0.124. The number of carbonyl (C=O) groups excluding carboxylic acids is 2. The summed E-state index contributed by atoms with van der Waals surface area (Å²) in [5.41, 5.74) is 1.04. The van der Waals surface area contributed by atoms with Gasteiger partial charge in [0, 0.05) is 34.9 Å². The van der Waals surface area contributed by atoms with Crippen molar-refractivity contribution in [2.24, 2.45) is 0 Å². The summed E-state index contributed by atoms with van der Waals surface area (Å²) in [5, 5.41) is 3.41. The first-order valence-corrected chi connectivity index (χ1v) is 8.93. The maximum atomic E-state index is 11.5. The summed E-state index contributed by atoms with van der Waals surface area (Å²) in [6, 6.07) is 7.71. The molecule has 120 valence electrons. The zero-order valence-corrected chi connectivity index (χ0v) is 14.6. The summed E-state index contributed by atoms with van der Waals surface area (Å²) < 4.78 is 3.05. The van der Waals surface area contributed by atoms with Crippen molar-refractivity contribution in [2.45, 2.75) is 11.6 Å². The molecule has 0 radical (unpaired) electrons. The summed E-state index contributed by atoms with van der Waals surface area (Å²) >= 11 is 5.03. The largest absolute Gasteiger partial charge is 0.329 e. The van der Waals surface area contributed by atoms with Crippen molar-refractivity contribution >= 4 is 39.6 Å². The minimum atomic E-state index is -0.295. The highest BCUT2D eigenvalue weighted by atomic mass is 79.9. The van der Waals surface area contributed by atoms with Crippen LogP contribution in [0.25, 0.3) is 5.69 Å². The van der Waals surface area contributed by atoms with E-state index in [1.807, 2.05) is 35.0 Å². The molecule has 1 saturated heterocycles. The van der Waals surface area contributed by atoms with E-state index in [1.165, 1.54) is 4.90 Å². The zero-order valence-electron chi connectivity index (χ0n) is 12.2. The van der Waals surface area contributed by atoms with Gasteiger partial charge in [-0.3, -0.25) is 14.3 Å². The van der Waals surface area contributed by atoms with Gasteiger partial charge in [0.2, 0.25) is 5.91 Å². The fourth-order valence-corrected chi connectivity index (χ4v) is 3.42. The Balaban J connectivity index is 1.55. The number of nitrogens with one attached hydrogen (secondary N) is 1. The van der Waals surface area contributed by atoms with Crippen molar-refractivity contribution in [3.05, 3.63) is 41.1 Å². The Kier molecular flexibility index (Phi) is 5.02. The van der Waals surface area contributed by atoms with E-state index >= 15 is 0 Å². The Hall–Kier alpha value is -1.80. The highest BCUT2D eigenvalue weighted by Gasteiger charge is 2.27. The zero-order chi connectivity index (χ0) is 16.2. The molecule has 23 heavy (non-hydrogen) atoms. The van der Waals surface area contributed by atoms with Crippen molar-refractivity contribution in [2.75, 3.05) is 18.8 Å². The summed E-state index contributed by atoms with van der Waals surface area (Å²) in [6.45, 7) is 0.552. The predicted molar refractivity (Wildman–Crippen MR) is 91.7 cm³/mol. The van der Waals surface area contributed by atoms with E-state index in [1.54, 1.807) is 18.0 Å². The Morgan fingerprint density at radius 2 is 2.04 bits per heavy atom. The number of imide groups is 1. The normalized spacial score (nSPS) is 14.4. The first-order chi connectivity index (χ1) is 11.1. The van der Waals surface area contributed by atoms with E-state index in [-0.39, 0.29) is 18.5 Å². The smallest absolute Gasteiger partial charge is 0.324 e. The molecule has 6 nitrogen and oxygen atoms in total. The van der Waals surface area contributed by atoms with Crippen molar-refractivity contribution in [3.63, 3.8) is 0 Å². The maximum absolute atomic E-state index is 11.5. The molecular formula is C15H15BrN4O2S. The molecule has 1 aromatic heterocycles. The lowest BCUT2D eigenvalue weighted by Crippen LogP contribution is -2.32. The highest BCUT2D eigenvalue weighted by molar-refractivity contribution is 9.10. The first kappa shape index (κ1) is 16.1. The Bertz CT molecular complexity index is 701. The van der Waals surface area contributed by atoms with Crippen LogP contribution in [0.3, 0.4) is 0 Å². The topological polar surface area (TPSA) is 67.2 Å². The average Bonchev–Trinajstić information content (AvgIpc) is 3.13. The maximum Gasteiger partial charge on any atom is 0.324 e. The fraction of sp³-hybridized carbons (Fsp3) is 0.267. The van der Waals surface area contributed by atoms with Gasteiger partial charge in [0.25, 0.3) is 0 Å². The molecule has 1 aliphatic rings. The van der Waals surface area contributed by atoms with Gasteiger partial charge in [0.1, 0.15) is 0 Å². The number of benzene rings is 1. The van der Waals surface area contributed by atoms with Gasteiger partial charge in [0.15, 0.2) is 5.16 Å². The van der Waals surface area contributed by atoms with Gasteiger partial charge in [0.05, 0.1) is 6.54 Å². The lowest BCUT2D eigenvalue weighted by atomic mass is 10.3. The van der Waals surface area contributed by atoms with Crippen LogP contribution in [-0.4, -0.2) is 45.2 Å². The molecule has 0 bridgehead atoms. The van der Waals surface area contributed by atoms with Crippen molar-refractivity contribution in [3.8, 4) is 5.69 Å². The summed E-state index contributed by atoms with van der Waals surface area (Å²) in [6.07, 6.45) is 4.42. The van der Waals surface area contributed by atoms with Gasteiger partial charge < -0.3 is 5.32 Å². The van der Waals surface area contributed by atoms with Gasteiger partial charge in [-0.15, -0.1) is 0 Å². The standard InChI is InChI=1S/C15H15BrN4O2S/c16-11-2-4-12(5-3-11)19-8-6-17-15(19)23-9-1-7-20-13(21)10-18-14(20)22/h2-6,8H,1,7,9-10H2,(H,18,22). The molecule has 0 aliphatic carbocycles. The second kappa shape index (κ2) is 7.18. The third-order valence-corrected chi connectivity index (χ3v) is 4.99. The van der Waals surface area contributed by atoms with Crippen LogP contribution in [0.15, 0.2) is 46.3 Å². The number of hydrogen-bond acceptors (Lipinski definition) is 4. The number of aromatic nitrogens is 2. The molecule has 3 amide bonds. The number of amides is 3. The van der Waals surface area contributed by atoms with Crippen LogP contribution < -0.4 is 5.32 Å². The third kappa shape index (κ3) is 3.76. The van der Waals surface area contributed by atoms with E-state index in [0.29, 0.717) is 6.54 Å². The van der Waals surface area contributed by atoms with E-state index < -0.39 is 0 Å². The number of imidazole rings is 1. The molecule has 3 rings (SSSR count). The van der Waals surface area contributed by atoms with Crippen molar-refractivity contribution in [1.82, 2.24) is 19.8 Å². The number of carbonyl (C=O) groups is 2. The quantitative estimate of drug-likeness (QED) is 0.464. The molecule has 0 atom stereocenters. The Morgan fingerprint density at radius 3 is 2.74 bits per heavy atom. The molecule has 1 aliphatic heterocycles. The molecule has 8 heteroatoms. The van der Waals surface area contributed by atoms with Crippen LogP contribution in [0.4, 0.5) is 4.79 Å². The van der Waals surface area contributed by atoms with Gasteiger partial charge in [-0.2, -0.15) is 0 Å². The molecule has 1 N–H and O–H groups in total. The van der Waals surface area contributed by atoms with E-state index in [9.17, 15) is 9.59 Å². The predicted octanol–water partition coefficient (Wildman–Crippen LogP) is 2.67. The second-order valence-electron chi connectivity index (χ2n) is 4.96. The molecule has 2 aromatic rings. The molecular weight excluding hydrogens is 380 g/mol. The van der Waals surface area contributed by atoms with Gasteiger partial charge in [-0.25, -0.2) is 9.78 Å². The van der Waals surface area contributed by atoms with Crippen LogP contribution in [0.5, 0.6) is 0 Å². The number of rotatable bonds is 6. The van der Waals surface area contributed by atoms with Crippen molar-refractivity contribution < 1.29 is 9.59 Å². The fourth-order valence-electron chi connectivity index (χ4n) is 2.26. The first-order valence-electron chi connectivity index (χ1n) is 7.15. The van der Waals surface area contributed by atoms with Crippen LogP contribution in [0, 0.1) is 0 Å². The van der Waals surface area contributed by atoms with Crippen LogP contribution in [0.1, 0.15) is 6.42 Å². The average molecular weight is 395 g/mol. The molecule has 0 unspecified atom stereocenters. The Morgan fingerprint density at radius 1 is 1.26 bits per heavy atom. The molecule has 1 aromatic carbocycles. The number of hydrogen-bond donors (Lipinski definition) is 1. The second-order valence-corrected chi connectivity index (χ2v) is 6.94. The minimum absolute atomic E-state index is 0.111. The number of halogens is 1.